The monoisotopic (exact) mass is 184 g/mol. The zero-order chi connectivity index (χ0) is 9.42. The first-order valence-electron chi connectivity index (χ1n) is 3.61. The molecule has 0 atom stereocenters. The van der Waals surface area contributed by atoms with Crippen molar-refractivity contribution in [2.45, 2.75) is 6.43 Å². The van der Waals surface area contributed by atoms with Gasteiger partial charge >= 0.3 is 0 Å². The molecule has 2 aromatic rings. The minimum Gasteiger partial charge on any atom is -0.399 e. The van der Waals surface area contributed by atoms with Crippen molar-refractivity contribution in [2.75, 3.05) is 5.73 Å². The third kappa shape index (κ3) is 1.22. The molecule has 1 heterocycles. The SMILES string of the molecule is Nc1ccc2onc(C(F)F)c2c1. The van der Waals surface area contributed by atoms with Gasteiger partial charge in [0.25, 0.3) is 6.43 Å². The molecule has 0 aliphatic rings. The lowest BCUT2D eigenvalue weighted by molar-refractivity contribution is 0.142. The van der Waals surface area contributed by atoms with Crippen LogP contribution in [-0.4, -0.2) is 5.16 Å². The molecule has 1 aromatic heterocycles. The summed E-state index contributed by atoms with van der Waals surface area (Å²) >= 11 is 0. The maximum absolute atomic E-state index is 12.3. The average Bonchev–Trinajstić information content (AvgIpc) is 2.46. The number of hydrogen-bond acceptors (Lipinski definition) is 3. The molecule has 0 unspecified atom stereocenters. The highest BCUT2D eigenvalue weighted by Crippen LogP contribution is 2.28. The second kappa shape index (κ2) is 2.69. The van der Waals surface area contributed by atoms with Crippen molar-refractivity contribution in [3.05, 3.63) is 23.9 Å². The highest BCUT2D eigenvalue weighted by atomic mass is 19.3. The molecule has 0 amide bonds. The summed E-state index contributed by atoms with van der Waals surface area (Å²) in [5.74, 6) is 0. The van der Waals surface area contributed by atoms with Gasteiger partial charge in [0, 0.05) is 5.69 Å². The van der Waals surface area contributed by atoms with Gasteiger partial charge in [0.2, 0.25) is 0 Å². The van der Waals surface area contributed by atoms with Crippen LogP contribution in [0, 0.1) is 0 Å². The smallest absolute Gasteiger partial charge is 0.284 e. The number of nitrogen functional groups attached to an aromatic ring is 1. The molecule has 0 aliphatic heterocycles. The highest BCUT2D eigenvalue weighted by molar-refractivity contribution is 5.82. The van der Waals surface area contributed by atoms with E-state index in [1.54, 1.807) is 6.07 Å². The van der Waals surface area contributed by atoms with Crippen LogP contribution in [0.3, 0.4) is 0 Å². The predicted octanol–water partition coefficient (Wildman–Crippen LogP) is 2.35. The Kier molecular flexibility index (Phi) is 1.65. The molecule has 0 spiro atoms. The van der Waals surface area contributed by atoms with Crippen LogP contribution in [0.15, 0.2) is 22.7 Å². The molecule has 68 valence electrons. The van der Waals surface area contributed by atoms with E-state index in [9.17, 15) is 8.78 Å². The summed E-state index contributed by atoms with van der Waals surface area (Å²) in [7, 11) is 0. The van der Waals surface area contributed by atoms with E-state index < -0.39 is 6.43 Å². The van der Waals surface area contributed by atoms with Crippen molar-refractivity contribution < 1.29 is 13.3 Å². The summed E-state index contributed by atoms with van der Waals surface area (Å²) in [6.07, 6.45) is -2.64. The van der Waals surface area contributed by atoms with Gasteiger partial charge in [-0.15, -0.1) is 0 Å². The Morgan fingerprint density at radius 1 is 1.38 bits per heavy atom. The van der Waals surface area contributed by atoms with Crippen molar-refractivity contribution in [2.24, 2.45) is 0 Å². The third-order valence-electron chi connectivity index (χ3n) is 1.73. The zero-order valence-electron chi connectivity index (χ0n) is 6.50. The second-order valence-electron chi connectivity index (χ2n) is 2.62. The van der Waals surface area contributed by atoms with Crippen molar-refractivity contribution >= 4 is 16.7 Å². The summed E-state index contributed by atoms with van der Waals surface area (Å²) in [5.41, 5.74) is 5.82. The zero-order valence-corrected chi connectivity index (χ0v) is 6.50. The summed E-state index contributed by atoms with van der Waals surface area (Å²) in [6, 6.07) is 4.51. The lowest BCUT2D eigenvalue weighted by Gasteiger charge is -1.93. The molecule has 0 saturated carbocycles. The number of hydrogen-bond donors (Lipinski definition) is 1. The van der Waals surface area contributed by atoms with E-state index in [1.165, 1.54) is 12.1 Å². The van der Waals surface area contributed by atoms with Crippen LogP contribution in [0.4, 0.5) is 14.5 Å². The molecule has 0 aliphatic carbocycles. The molecular weight excluding hydrogens is 178 g/mol. The molecule has 0 bridgehead atoms. The van der Waals surface area contributed by atoms with Gasteiger partial charge in [0.1, 0.15) is 0 Å². The number of rotatable bonds is 1. The molecule has 2 rings (SSSR count). The lowest BCUT2D eigenvalue weighted by atomic mass is 10.2. The Morgan fingerprint density at radius 3 is 2.85 bits per heavy atom. The average molecular weight is 184 g/mol. The van der Waals surface area contributed by atoms with Crippen LogP contribution in [0.5, 0.6) is 0 Å². The number of benzene rings is 1. The fourth-order valence-corrected chi connectivity index (χ4v) is 1.13. The standard InChI is InChI=1S/C8H6F2N2O/c9-8(10)7-5-3-4(11)1-2-6(5)13-12-7/h1-3,8H,11H2. The Bertz CT molecular complexity index is 439. The molecule has 0 fully saturated rings. The first-order chi connectivity index (χ1) is 6.18. The fourth-order valence-electron chi connectivity index (χ4n) is 1.13. The van der Waals surface area contributed by atoms with E-state index in [4.69, 9.17) is 5.73 Å². The number of nitrogens with zero attached hydrogens (tertiary/aromatic N) is 1. The number of aromatic nitrogens is 1. The van der Waals surface area contributed by atoms with Gasteiger partial charge in [-0.25, -0.2) is 8.78 Å². The van der Waals surface area contributed by atoms with E-state index in [1.807, 2.05) is 0 Å². The minimum atomic E-state index is -2.64. The number of nitrogens with two attached hydrogens (primary N) is 1. The third-order valence-corrected chi connectivity index (χ3v) is 1.73. The van der Waals surface area contributed by atoms with Gasteiger partial charge in [-0.05, 0) is 18.2 Å². The molecular formula is C8H6F2N2O. The number of fused-ring (bicyclic) bond motifs is 1. The quantitative estimate of drug-likeness (QED) is 0.692. The predicted molar refractivity (Wildman–Crippen MR) is 43.4 cm³/mol. The summed E-state index contributed by atoms with van der Waals surface area (Å²) in [5, 5.41) is 3.53. The van der Waals surface area contributed by atoms with Crippen LogP contribution in [0.2, 0.25) is 0 Å². The molecule has 0 saturated heterocycles. The van der Waals surface area contributed by atoms with Crippen LogP contribution >= 0.6 is 0 Å². The highest BCUT2D eigenvalue weighted by Gasteiger charge is 2.16. The Morgan fingerprint density at radius 2 is 2.15 bits per heavy atom. The van der Waals surface area contributed by atoms with Crippen molar-refractivity contribution in [1.82, 2.24) is 5.16 Å². The van der Waals surface area contributed by atoms with E-state index in [-0.39, 0.29) is 11.1 Å². The maximum Gasteiger partial charge on any atom is 0.284 e. The first kappa shape index (κ1) is 7.97. The van der Waals surface area contributed by atoms with Gasteiger partial charge in [-0.3, -0.25) is 0 Å². The molecule has 0 radical (unpaired) electrons. The number of halogens is 2. The first-order valence-corrected chi connectivity index (χ1v) is 3.61. The van der Waals surface area contributed by atoms with Crippen LogP contribution in [0.1, 0.15) is 12.1 Å². The lowest BCUT2D eigenvalue weighted by Crippen LogP contribution is -1.86. The largest absolute Gasteiger partial charge is 0.399 e. The van der Waals surface area contributed by atoms with E-state index in [2.05, 4.69) is 9.68 Å². The van der Waals surface area contributed by atoms with E-state index >= 15 is 0 Å². The fraction of sp³-hybridized carbons (Fsp3) is 0.125. The van der Waals surface area contributed by atoms with E-state index in [0.717, 1.165) is 0 Å². The number of anilines is 1. The second-order valence-corrected chi connectivity index (χ2v) is 2.62. The van der Waals surface area contributed by atoms with Crippen molar-refractivity contribution in [3.8, 4) is 0 Å². The molecule has 13 heavy (non-hydrogen) atoms. The normalized spacial score (nSPS) is 11.3. The summed E-state index contributed by atoms with van der Waals surface area (Å²) in [6.45, 7) is 0. The van der Waals surface area contributed by atoms with Crippen LogP contribution in [0.25, 0.3) is 11.0 Å². The van der Waals surface area contributed by atoms with Crippen LogP contribution in [-0.2, 0) is 0 Å². The van der Waals surface area contributed by atoms with Gasteiger partial charge in [0.05, 0.1) is 5.39 Å². The van der Waals surface area contributed by atoms with Crippen molar-refractivity contribution in [3.63, 3.8) is 0 Å². The Hall–Kier alpha value is -1.65. The van der Waals surface area contributed by atoms with E-state index in [0.29, 0.717) is 11.3 Å². The van der Waals surface area contributed by atoms with Gasteiger partial charge in [-0.2, -0.15) is 0 Å². The molecule has 2 N–H and O–H groups in total. The number of alkyl halides is 2. The summed E-state index contributed by atoms with van der Waals surface area (Å²) < 4.78 is 29.3. The minimum absolute atomic E-state index is 0.273. The molecule has 5 heteroatoms. The maximum atomic E-state index is 12.3. The Labute approximate surface area is 72.1 Å². The topological polar surface area (TPSA) is 52.0 Å². The summed E-state index contributed by atoms with van der Waals surface area (Å²) in [4.78, 5) is 0. The van der Waals surface area contributed by atoms with Gasteiger partial charge in [-0.1, -0.05) is 5.16 Å². The van der Waals surface area contributed by atoms with Crippen LogP contribution < -0.4 is 5.73 Å². The van der Waals surface area contributed by atoms with Gasteiger partial charge in [0.15, 0.2) is 11.3 Å². The van der Waals surface area contributed by atoms with Gasteiger partial charge < -0.3 is 10.3 Å². The molecule has 1 aromatic carbocycles. The van der Waals surface area contributed by atoms with Crippen molar-refractivity contribution in [1.29, 1.82) is 0 Å². The molecule has 3 nitrogen and oxygen atoms in total. The Balaban J connectivity index is 2.71.